The molecule has 1 N–H and O–H groups in total. The Kier molecular flexibility index (Phi) is 7.05. The van der Waals surface area contributed by atoms with Crippen molar-refractivity contribution in [2.75, 3.05) is 6.61 Å². The van der Waals surface area contributed by atoms with Gasteiger partial charge in [0.1, 0.15) is 27.9 Å². The van der Waals surface area contributed by atoms with Crippen LogP contribution >= 0.6 is 23.4 Å². The number of esters is 1. The Bertz CT molecular complexity index is 1330. The van der Waals surface area contributed by atoms with Gasteiger partial charge in [-0.1, -0.05) is 41.1 Å². The van der Waals surface area contributed by atoms with E-state index < -0.39 is 11.9 Å². The zero-order chi connectivity index (χ0) is 24.2. The standard InChI is InChI=1S/C26H20ClNO5S/c1-3-32-26(31)22-23(29)21(34-25(22)28-24(30)17-6-4-15(2)5-7-17)14-19-12-13-20(33-19)16-8-10-18(27)11-9-16/h4-14,29H,3H2,1-2H3/b21-14-,28-25?. The first-order chi connectivity index (χ1) is 16.4. The normalized spacial score (nSPS) is 15.9. The van der Waals surface area contributed by atoms with Crippen LogP contribution in [0.1, 0.15) is 28.6 Å². The molecule has 8 heteroatoms. The molecule has 2 heterocycles. The number of nitrogens with zero attached hydrogens (tertiary/aromatic N) is 1. The molecule has 0 aliphatic carbocycles. The van der Waals surface area contributed by atoms with Crippen molar-refractivity contribution in [2.45, 2.75) is 13.8 Å². The second kappa shape index (κ2) is 10.2. The van der Waals surface area contributed by atoms with E-state index in [-0.39, 0.29) is 23.0 Å². The summed E-state index contributed by atoms with van der Waals surface area (Å²) >= 11 is 6.94. The number of aliphatic hydroxyl groups is 1. The average molecular weight is 494 g/mol. The Balaban J connectivity index is 1.67. The van der Waals surface area contributed by atoms with Gasteiger partial charge in [-0.15, -0.1) is 0 Å². The van der Waals surface area contributed by atoms with Gasteiger partial charge in [0, 0.05) is 16.1 Å². The number of aliphatic imine (C=N–C) groups is 1. The highest BCUT2D eigenvalue weighted by Crippen LogP contribution is 2.40. The van der Waals surface area contributed by atoms with E-state index in [4.69, 9.17) is 20.8 Å². The predicted molar refractivity (Wildman–Crippen MR) is 134 cm³/mol. The highest BCUT2D eigenvalue weighted by molar-refractivity contribution is 8.18. The summed E-state index contributed by atoms with van der Waals surface area (Å²) in [6.45, 7) is 3.68. The molecular formula is C26H20ClNO5S. The molecule has 1 aliphatic rings. The highest BCUT2D eigenvalue weighted by atomic mass is 35.5. The van der Waals surface area contributed by atoms with Gasteiger partial charge in [-0.05, 0) is 68.5 Å². The number of halogens is 1. The van der Waals surface area contributed by atoms with Gasteiger partial charge in [0.05, 0.1) is 11.5 Å². The number of amides is 1. The molecule has 0 bridgehead atoms. The van der Waals surface area contributed by atoms with Gasteiger partial charge in [-0.2, -0.15) is 0 Å². The Hall–Kier alpha value is -3.55. The number of rotatable bonds is 5. The third kappa shape index (κ3) is 5.16. The van der Waals surface area contributed by atoms with Crippen molar-refractivity contribution < 1.29 is 23.8 Å². The zero-order valence-corrected chi connectivity index (χ0v) is 19.9. The smallest absolute Gasteiger partial charge is 0.344 e. The molecule has 0 spiro atoms. The monoisotopic (exact) mass is 493 g/mol. The number of hydrogen-bond donors (Lipinski definition) is 1. The van der Waals surface area contributed by atoms with Crippen molar-refractivity contribution in [3.05, 3.63) is 98.8 Å². The summed E-state index contributed by atoms with van der Waals surface area (Å²) in [6.07, 6.45) is 1.58. The molecule has 172 valence electrons. The molecule has 0 unspecified atom stereocenters. The molecule has 1 aliphatic heterocycles. The second-order valence-electron chi connectivity index (χ2n) is 7.35. The van der Waals surface area contributed by atoms with E-state index in [0.29, 0.717) is 27.0 Å². The third-order valence-electron chi connectivity index (χ3n) is 4.90. The van der Waals surface area contributed by atoms with Crippen LogP contribution in [0, 0.1) is 6.92 Å². The van der Waals surface area contributed by atoms with E-state index in [1.54, 1.807) is 61.5 Å². The minimum atomic E-state index is -0.757. The lowest BCUT2D eigenvalue weighted by Gasteiger charge is -2.03. The molecule has 0 atom stereocenters. The third-order valence-corrected chi connectivity index (χ3v) is 6.17. The molecular weight excluding hydrogens is 474 g/mol. The maximum atomic E-state index is 12.7. The Morgan fingerprint density at radius 2 is 1.79 bits per heavy atom. The molecule has 1 aromatic heterocycles. The molecule has 3 aromatic rings. The topological polar surface area (TPSA) is 89.1 Å². The number of benzene rings is 2. The van der Waals surface area contributed by atoms with E-state index in [1.807, 2.05) is 19.1 Å². The van der Waals surface area contributed by atoms with Crippen LogP contribution in [0.4, 0.5) is 0 Å². The number of aliphatic hydroxyl groups excluding tert-OH is 1. The Morgan fingerprint density at radius 1 is 1.09 bits per heavy atom. The predicted octanol–water partition coefficient (Wildman–Crippen LogP) is 6.61. The first-order valence-corrected chi connectivity index (χ1v) is 11.6. The molecule has 1 amide bonds. The summed E-state index contributed by atoms with van der Waals surface area (Å²) in [5.74, 6) is -0.533. The van der Waals surface area contributed by atoms with Gasteiger partial charge in [0.2, 0.25) is 0 Å². The maximum absolute atomic E-state index is 12.7. The molecule has 34 heavy (non-hydrogen) atoms. The fourth-order valence-corrected chi connectivity index (χ4v) is 4.29. The number of carbonyl (C=O) groups excluding carboxylic acids is 2. The maximum Gasteiger partial charge on any atom is 0.344 e. The van der Waals surface area contributed by atoms with Crippen LogP contribution in [0.5, 0.6) is 0 Å². The molecule has 0 radical (unpaired) electrons. The van der Waals surface area contributed by atoms with E-state index in [0.717, 1.165) is 22.9 Å². The highest BCUT2D eigenvalue weighted by Gasteiger charge is 2.34. The molecule has 0 saturated carbocycles. The summed E-state index contributed by atoms with van der Waals surface area (Å²) in [4.78, 5) is 29.6. The summed E-state index contributed by atoms with van der Waals surface area (Å²) in [5, 5.41) is 11.5. The molecule has 2 aromatic carbocycles. The van der Waals surface area contributed by atoms with Gasteiger partial charge < -0.3 is 14.3 Å². The molecule has 6 nitrogen and oxygen atoms in total. The Labute approximate surface area is 205 Å². The molecule has 0 saturated heterocycles. The van der Waals surface area contributed by atoms with Crippen molar-refractivity contribution in [1.82, 2.24) is 0 Å². The lowest BCUT2D eigenvalue weighted by atomic mass is 10.1. The Morgan fingerprint density at radius 3 is 2.47 bits per heavy atom. The van der Waals surface area contributed by atoms with Crippen molar-refractivity contribution >= 4 is 46.4 Å². The van der Waals surface area contributed by atoms with Crippen LogP contribution in [0.2, 0.25) is 5.02 Å². The van der Waals surface area contributed by atoms with E-state index >= 15 is 0 Å². The summed E-state index contributed by atoms with van der Waals surface area (Å²) < 4.78 is 10.9. The van der Waals surface area contributed by atoms with E-state index in [1.165, 1.54) is 0 Å². The van der Waals surface area contributed by atoms with Crippen molar-refractivity contribution in [3.8, 4) is 11.3 Å². The van der Waals surface area contributed by atoms with Gasteiger partial charge in [0.25, 0.3) is 5.91 Å². The second-order valence-corrected chi connectivity index (χ2v) is 8.82. The summed E-state index contributed by atoms with van der Waals surface area (Å²) in [7, 11) is 0. The first kappa shape index (κ1) is 23.6. The minimum Gasteiger partial charge on any atom is -0.506 e. The number of thioether (sulfide) groups is 1. The van der Waals surface area contributed by atoms with Crippen molar-refractivity contribution in [1.29, 1.82) is 0 Å². The van der Waals surface area contributed by atoms with Gasteiger partial charge >= 0.3 is 5.97 Å². The fourth-order valence-electron chi connectivity index (χ4n) is 3.17. The van der Waals surface area contributed by atoms with Crippen LogP contribution in [-0.4, -0.2) is 28.6 Å². The minimum absolute atomic E-state index is 0.0669. The number of hydrogen-bond acceptors (Lipinski definition) is 6. The van der Waals surface area contributed by atoms with Gasteiger partial charge in [-0.25, -0.2) is 9.79 Å². The summed E-state index contributed by atoms with van der Waals surface area (Å²) in [5.41, 5.74) is 2.07. The average Bonchev–Trinajstić information content (AvgIpc) is 3.39. The largest absolute Gasteiger partial charge is 0.506 e. The van der Waals surface area contributed by atoms with Crippen LogP contribution in [0.3, 0.4) is 0 Å². The number of furan rings is 1. The number of carbonyl (C=O) groups is 2. The molecule has 4 rings (SSSR count). The number of aryl methyl sites for hydroxylation is 1. The summed E-state index contributed by atoms with van der Waals surface area (Å²) in [6, 6.07) is 17.6. The van der Waals surface area contributed by atoms with Crippen LogP contribution < -0.4 is 0 Å². The van der Waals surface area contributed by atoms with Crippen molar-refractivity contribution in [3.63, 3.8) is 0 Å². The quantitative estimate of drug-likeness (QED) is 0.402. The fraction of sp³-hybridized carbons (Fsp3) is 0.115. The van der Waals surface area contributed by atoms with Crippen LogP contribution in [0.15, 0.2) is 86.3 Å². The lowest BCUT2D eigenvalue weighted by Crippen LogP contribution is -2.14. The van der Waals surface area contributed by atoms with E-state index in [2.05, 4.69) is 4.99 Å². The zero-order valence-electron chi connectivity index (χ0n) is 18.4. The van der Waals surface area contributed by atoms with Gasteiger partial charge in [-0.3, -0.25) is 4.79 Å². The number of ether oxygens (including phenoxy) is 1. The molecule has 0 fully saturated rings. The van der Waals surface area contributed by atoms with E-state index in [9.17, 15) is 14.7 Å². The van der Waals surface area contributed by atoms with Crippen LogP contribution in [-0.2, 0) is 9.53 Å². The first-order valence-electron chi connectivity index (χ1n) is 10.4. The lowest BCUT2D eigenvalue weighted by molar-refractivity contribution is -0.138. The van der Waals surface area contributed by atoms with Crippen molar-refractivity contribution in [2.24, 2.45) is 4.99 Å². The van der Waals surface area contributed by atoms with Crippen LogP contribution in [0.25, 0.3) is 17.4 Å². The SMILES string of the molecule is CCOC(=O)C1=C(O)/C(=C/c2ccc(-c3ccc(Cl)cc3)o2)SC1=NC(=O)c1ccc(C)cc1. The van der Waals surface area contributed by atoms with Gasteiger partial charge in [0.15, 0.2) is 0 Å².